The number of rotatable bonds is 10. The number of fused-ring (bicyclic) bond motifs is 2. The molecule has 2 aliphatic rings. The molecule has 2 fully saturated rings. The van der Waals surface area contributed by atoms with E-state index in [0.717, 1.165) is 79.1 Å². The van der Waals surface area contributed by atoms with Crippen LogP contribution in [0.25, 0.3) is 11.3 Å². The number of nitrogens with one attached hydrogen (secondary N) is 2. The van der Waals surface area contributed by atoms with Gasteiger partial charge in [0.25, 0.3) is 11.8 Å². The van der Waals surface area contributed by atoms with E-state index in [0.29, 0.717) is 46.2 Å². The van der Waals surface area contributed by atoms with Crippen molar-refractivity contribution in [2.45, 2.75) is 45.2 Å². The third-order valence-corrected chi connectivity index (χ3v) is 12.9. The van der Waals surface area contributed by atoms with Gasteiger partial charge in [0.1, 0.15) is 11.5 Å². The van der Waals surface area contributed by atoms with E-state index in [9.17, 15) is 9.59 Å². The highest BCUT2D eigenvalue weighted by Crippen LogP contribution is 2.27. The van der Waals surface area contributed by atoms with E-state index in [1.165, 1.54) is 0 Å². The lowest BCUT2D eigenvalue weighted by Gasteiger charge is -2.35. The number of piperidine rings is 2. The first kappa shape index (κ1) is 50.5. The summed E-state index contributed by atoms with van der Waals surface area (Å²) in [5, 5.41) is 23.9. The van der Waals surface area contributed by atoms with Gasteiger partial charge in [-0.2, -0.15) is 9.97 Å². The van der Waals surface area contributed by atoms with Crippen LogP contribution in [0.2, 0.25) is 0 Å². The Morgan fingerprint density at radius 1 is 0.600 bits per heavy atom. The van der Waals surface area contributed by atoms with Gasteiger partial charge in [0, 0.05) is 61.1 Å². The Morgan fingerprint density at radius 2 is 1.03 bits per heavy atom. The van der Waals surface area contributed by atoms with E-state index in [2.05, 4.69) is 70.6 Å². The van der Waals surface area contributed by atoms with Gasteiger partial charge < -0.3 is 40.1 Å². The van der Waals surface area contributed by atoms with Crippen LogP contribution in [0.15, 0.2) is 150 Å². The molecule has 10 rings (SSSR count). The van der Waals surface area contributed by atoms with Crippen molar-refractivity contribution in [2.75, 3.05) is 65.0 Å². The predicted molar refractivity (Wildman–Crippen MR) is 280 cm³/mol. The Hall–Kier alpha value is -7.34. The molecular formula is C53H61BrN12O4. The SMILES string of the molecule is C.CN1CCC(N(C)C(=O)c2ccc(Nc3nc4c(Br)cccn4n3)cc2)CC1.CN1CCC(N(C)C(=O)c2ccc(Nc3nc4c(Oc5ccccc5)cccn4n3)cc2)CC1.Oc1ccccc1. The van der Waals surface area contributed by atoms with Crippen LogP contribution in [0.5, 0.6) is 17.2 Å². The molecule has 2 amide bonds. The first-order valence-electron chi connectivity index (χ1n) is 23.0. The molecule has 2 saturated heterocycles. The predicted octanol–water partition coefficient (Wildman–Crippen LogP) is 9.86. The maximum absolute atomic E-state index is 12.9. The molecule has 4 aromatic heterocycles. The number of phenolic OH excluding ortho intramolecular Hbond substituents is 1. The molecule has 0 unspecified atom stereocenters. The lowest BCUT2D eigenvalue weighted by Crippen LogP contribution is -2.44. The Bertz CT molecular complexity index is 2920. The van der Waals surface area contributed by atoms with Crippen LogP contribution in [0.3, 0.4) is 0 Å². The minimum atomic E-state index is 0. The second-order valence-corrected chi connectivity index (χ2v) is 18.0. The Morgan fingerprint density at radius 3 is 1.47 bits per heavy atom. The molecule has 8 aromatic rings. The molecular weight excluding hydrogens is 949 g/mol. The van der Waals surface area contributed by atoms with Crippen LogP contribution in [0.4, 0.5) is 23.3 Å². The summed E-state index contributed by atoms with van der Waals surface area (Å²) in [5.41, 5.74) is 4.37. The van der Waals surface area contributed by atoms with Gasteiger partial charge >= 0.3 is 0 Å². The van der Waals surface area contributed by atoms with Crippen molar-refractivity contribution in [1.82, 2.24) is 48.8 Å². The Labute approximate surface area is 417 Å². The first-order valence-corrected chi connectivity index (χ1v) is 23.8. The molecule has 0 aliphatic carbocycles. The molecule has 364 valence electrons. The second-order valence-electron chi connectivity index (χ2n) is 17.2. The lowest BCUT2D eigenvalue weighted by molar-refractivity contribution is 0.0652. The van der Waals surface area contributed by atoms with Crippen molar-refractivity contribution in [2.24, 2.45) is 0 Å². The summed E-state index contributed by atoms with van der Waals surface area (Å²) in [6.07, 6.45) is 7.73. The number of anilines is 4. The van der Waals surface area contributed by atoms with Gasteiger partial charge in [0.05, 0.1) is 4.47 Å². The number of hydrogen-bond acceptors (Lipinski definition) is 12. The van der Waals surface area contributed by atoms with Crippen LogP contribution in [0, 0.1) is 0 Å². The minimum absolute atomic E-state index is 0. The number of carbonyl (C=O) groups is 2. The first-order chi connectivity index (χ1) is 33.5. The summed E-state index contributed by atoms with van der Waals surface area (Å²) in [6, 6.07) is 41.4. The quantitative estimate of drug-likeness (QED) is 0.119. The van der Waals surface area contributed by atoms with Crippen molar-refractivity contribution >= 4 is 62.3 Å². The number of nitrogens with zero attached hydrogens (tertiary/aromatic N) is 10. The highest BCUT2D eigenvalue weighted by molar-refractivity contribution is 9.10. The van der Waals surface area contributed by atoms with E-state index < -0.39 is 0 Å². The number of carbonyl (C=O) groups excluding carboxylic acids is 2. The van der Waals surface area contributed by atoms with Crippen molar-refractivity contribution in [3.05, 3.63) is 161 Å². The van der Waals surface area contributed by atoms with Crippen LogP contribution < -0.4 is 15.4 Å². The van der Waals surface area contributed by atoms with Crippen LogP contribution in [0.1, 0.15) is 53.8 Å². The Kier molecular flexibility index (Phi) is 17.2. The fraction of sp³-hybridized carbons (Fsp3) is 0.283. The number of likely N-dealkylation sites (tertiary alicyclic amines) is 2. The molecule has 0 bridgehead atoms. The molecule has 0 radical (unpaired) electrons. The van der Waals surface area contributed by atoms with E-state index in [4.69, 9.17) is 9.84 Å². The third-order valence-electron chi connectivity index (χ3n) is 12.3. The molecule has 16 nitrogen and oxygen atoms in total. The van der Waals surface area contributed by atoms with Crippen molar-refractivity contribution in [3.63, 3.8) is 0 Å². The van der Waals surface area contributed by atoms with Crippen molar-refractivity contribution < 1.29 is 19.4 Å². The lowest BCUT2D eigenvalue weighted by atomic mass is 10.0. The number of halogens is 1. The normalized spacial score (nSPS) is 14.3. The summed E-state index contributed by atoms with van der Waals surface area (Å²) < 4.78 is 10.2. The number of aromatic nitrogens is 6. The fourth-order valence-corrected chi connectivity index (χ4v) is 8.56. The Balaban J connectivity index is 0.000000181. The number of para-hydroxylation sites is 2. The number of pyridine rings is 2. The van der Waals surface area contributed by atoms with E-state index in [1.807, 2.05) is 145 Å². The number of benzene rings is 4. The van der Waals surface area contributed by atoms with Gasteiger partial charge in [-0.05, 0) is 179 Å². The van der Waals surface area contributed by atoms with Gasteiger partial charge in [-0.3, -0.25) is 9.59 Å². The summed E-state index contributed by atoms with van der Waals surface area (Å²) in [7, 11) is 8.06. The molecule has 17 heteroatoms. The van der Waals surface area contributed by atoms with Crippen molar-refractivity contribution in [3.8, 4) is 17.2 Å². The summed E-state index contributed by atoms with van der Waals surface area (Å²) >= 11 is 3.47. The standard InChI is InChI=1S/C26H28N6O2.C20H23BrN6O.C6H6O.CH4/c1-30-17-14-21(15-18-30)31(2)25(33)19-10-12-20(13-11-19)27-26-28-24-23(9-6-16-32(24)29-26)34-22-7-4-3-5-8-22;1-25-12-9-16(10-13-25)26(2)19(28)14-5-7-15(8-6-14)22-20-23-18-17(21)4-3-11-27(18)24-20;7-6-4-2-1-3-5-6;/h3-13,16,21H,14-15,17-18H2,1-2H3,(H,27,29);3-8,11,16H,9-10,12-13H2,1-2H3,(H,22,24);1-5,7H;1H4. The topological polar surface area (TPSA) is 161 Å². The molecule has 4 aromatic carbocycles. The fourth-order valence-electron chi connectivity index (χ4n) is 8.14. The van der Waals surface area contributed by atoms with Gasteiger partial charge in [0.15, 0.2) is 17.0 Å². The third kappa shape index (κ3) is 13.0. The summed E-state index contributed by atoms with van der Waals surface area (Å²) in [4.78, 5) is 43.2. The summed E-state index contributed by atoms with van der Waals surface area (Å²) in [6.45, 7) is 4.12. The molecule has 6 heterocycles. The van der Waals surface area contributed by atoms with Gasteiger partial charge in [-0.25, -0.2) is 9.03 Å². The van der Waals surface area contributed by atoms with Crippen LogP contribution in [-0.2, 0) is 0 Å². The maximum atomic E-state index is 12.9. The van der Waals surface area contributed by atoms with Crippen LogP contribution >= 0.6 is 15.9 Å². The van der Waals surface area contributed by atoms with Gasteiger partial charge in [-0.15, -0.1) is 10.2 Å². The number of hydrogen-bond donors (Lipinski definition) is 3. The monoisotopic (exact) mass is 1010 g/mol. The zero-order valence-corrected chi connectivity index (χ0v) is 40.8. The molecule has 70 heavy (non-hydrogen) atoms. The number of ether oxygens (including phenoxy) is 1. The highest BCUT2D eigenvalue weighted by Gasteiger charge is 2.26. The molecule has 0 saturated carbocycles. The minimum Gasteiger partial charge on any atom is -0.508 e. The molecule has 3 N–H and O–H groups in total. The zero-order chi connectivity index (χ0) is 48.3. The molecule has 2 aliphatic heterocycles. The maximum Gasteiger partial charge on any atom is 0.253 e. The average molecular weight is 1010 g/mol. The van der Waals surface area contributed by atoms with Gasteiger partial charge in [0.2, 0.25) is 11.9 Å². The van der Waals surface area contributed by atoms with Crippen molar-refractivity contribution in [1.29, 1.82) is 0 Å². The van der Waals surface area contributed by atoms with Gasteiger partial charge in [-0.1, -0.05) is 43.8 Å². The summed E-state index contributed by atoms with van der Waals surface area (Å²) in [5.74, 6) is 2.75. The second kappa shape index (κ2) is 23.8. The number of phenols is 1. The molecule has 0 atom stereocenters. The smallest absolute Gasteiger partial charge is 0.253 e. The highest BCUT2D eigenvalue weighted by atomic mass is 79.9. The molecule has 0 spiro atoms. The number of amides is 2. The van der Waals surface area contributed by atoms with E-state index >= 15 is 0 Å². The van der Waals surface area contributed by atoms with E-state index in [-0.39, 0.29) is 25.3 Å². The van der Waals surface area contributed by atoms with Crippen LogP contribution in [-0.4, -0.2) is 132 Å². The average Bonchev–Trinajstić information content (AvgIpc) is 4.00. The largest absolute Gasteiger partial charge is 0.508 e. The number of aromatic hydroxyl groups is 1. The van der Waals surface area contributed by atoms with E-state index in [1.54, 1.807) is 33.3 Å². The zero-order valence-electron chi connectivity index (χ0n) is 39.2.